The van der Waals surface area contributed by atoms with Crippen molar-refractivity contribution in [1.29, 1.82) is 0 Å². The summed E-state index contributed by atoms with van der Waals surface area (Å²) in [5.74, 6) is 1.49. The Morgan fingerprint density at radius 2 is 2.18 bits per heavy atom. The maximum absolute atomic E-state index is 12.1. The topological polar surface area (TPSA) is 50.4 Å². The minimum absolute atomic E-state index is 0.248. The second-order valence-electron chi connectivity index (χ2n) is 6.11. The lowest BCUT2D eigenvalue weighted by Gasteiger charge is -2.14. The Bertz CT molecular complexity index is 748. The quantitative estimate of drug-likeness (QED) is 0.633. The van der Waals surface area contributed by atoms with E-state index in [2.05, 4.69) is 13.8 Å². The van der Waals surface area contributed by atoms with Crippen molar-refractivity contribution < 1.29 is 9.52 Å². The number of fused-ring (bicyclic) bond motifs is 3. The predicted octanol–water partition coefficient (Wildman–Crippen LogP) is 4.83. The van der Waals surface area contributed by atoms with Crippen LogP contribution < -0.4 is 5.63 Å². The molecule has 1 unspecified atom stereocenters. The van der Waals surface area contributed by atoms with E-state index in [0.29, 0.717) is 16.4 Å². The summed E-state index contributed by atoms with van der Waals surface area (Å²) in [6.07, 6.45) is 5.52. The standard InChI is InChI=1S/C18H22O3S/c1-3-4-5-6-11(2)12-9-14(19)16-13-7-8-22-17(13)18(20)21-15(16)10-12/h9-11,19H,3-8H2,1-2H3. The summed E-state index contributed by atoms with van der Waals surface area (Å²) in [4.78, 5) is 12.7. The molecule has 1 aromatic carbocycles. The van der Waals surface area contributed by atoms with E-state index in [9.17, 15) is 9.90 Å². The molecule has 0 amide bonds. The Labute approximate surface area is 134 Å². The third-order valence-corrected chi connectivity index (χ3v) is 5.59. The van der Waals surface area contributed by atoms with Crippen LogP contribution in [0.25, 0.3) is 11.0 Å². The first-order valence-electron chi connectivity index (χ1n) is 8.07. The Morgan fingerprint density at radius 3 is 2.95 bits per heavy atom. The normalized spacial score (nSPS) is 15.2. The zero-order valence-corrected chi connectivity index (χ0v) is 14.0. The molecule has 1 aliphatic rings. The van der Waals surface area contributed by atoms with Crippen LogP contribution in [0.1, 0.15) is 56.6 Å². The van der Waals surface area contributed by atoms with E-state index in [1.165, 1.54) is 31.0 Å². The minimum atomic E-state index is -0.264. The second-order valence-corrected chi connectivity index (χ2v) is 7.21. The van der Waals surface area contributed by atoms with Crippen LogP contribution in [0.2, 0.25) is 0 Å². The van der Waals surface area contributed by atoms with Gasteiger partial charge in [0.25, 0.3) is 0 Å². The molecule has 0 aliphatic carbocycles. The molecule has 1 atom stereocenters. The average molecular weight is 318 g/mol. The van der Waals surface area contributed by atoms with Crippen LogP contribution in [0.15, 0.2) is 26.2 Å². The van der Waals surface area contributed by atoms with Crippen LogP contribution >= 0.6 is 11.8 Å². The lowest BCUT2D eigenvalue weighted by Crippen LogP contribution is -2.04. The SMILES string of the molecule is CCCCCC(C)c1cc(O)c2c3c(c(=O)oc2c1)SCC3. The molecule has 2 heterocycles. The Balaban J connectivity index is 2.02. The molecule has 118 valence electrons. The molecule has 4 heteroatoms. The summed E-state index contributed by atoms with van der Waals surface area (Å²) < 4.78 is 5.47. The van der Waals surface area contributed by atoms with Crippen LogP contribution in [0.4, 0.5) is 0 Å². The molecule has 1 aliphatic heterocycles. The summed E-state index contributed by atoms with van der Waals surface area (Å²) in [6, 6.07) is 3.79. The highest BCUT2D eigenvalue weighted by molar-refractivity contribution is 7.99. The number of aryl methyl sites for hydroxylation is 1. The fourth-order valence-electron chi connectivity index (χ4n) is 3.18. The second kappa shape index (κ2) is 6.37. The number of thioether (sulfide) groups is 1. The molecule has 0 bridgehead atoms. The van der Waals surface area contributed by atoms with Crippen molar-refractivity contribution in [3.63, 3.8) is 0 Å². The van der Waals surface area contributed by atoms with E-state index >= 15 is 0 Å². The van der Waals surface area contributed by atoms with Crippen molar-refractivity contribution in [3.8, 4) is 5.75 Å². The maximum Gasteiger partial charge on any atom is 0.350 e. The smallest absolute Gasteiger partial charge is 0.350 e. The number of benzene rings is 1. The molecule has 1 aromatic heterocycles. The fourth-order valence-corrected chi connectivity index (χ4v) is 4.23. The number of hydrogen-bond acceptors (Lipinski definition) is 4. The predicted molar refractivity (Wildman–Crippen MR) is 91.1 cm³/mol. The fraction of sp³-hybridized carbons (Fsp3) is 0.500. The first-order valence-corrected chi connectivity index (χ1v) is 9.05. The van der Waals surface area contributed by atoms with Crippen molar-refractivity contribution in [2.24, 2.45) is 0 Å². The van der Waals surface area contributed by atoms with Crippen LogP contribution in [0.3, 0.4) is 0 Å². The molecule has 3 nitrogen and oxygen atoms in total. The summed E-state index contributed by atoms with van der Waals surface area (Å²) in [5, 5.41) is 11.2. The Hall–Kier alpha value is -1.42. The van der Waals surface area contributed by atoms with E-state index in [-0.39, 0.29) is 11.4 Å². The van der Waals surface area contributed by atoms with E-state index < -0.39 is 0 Å². The van der Waals surface area contributed by atoms with E-state index in [0.717, 1.165) is 35.1 Å². The summed E-state index contributed by atoms with van der Waals surface area (Å²) >= 11 is 1.52. The van der Waals surface area contributed by atoms with Crippen molar-refractivity contribution in [3.05, 3.63) is 33.7 Å². The molecule has 0 radical (unpaired) electrons. The highest BCUT2D eigenvalue weighted by atomic mass is 32.2. The summed E-state index contributed by atoms with van der Waals surface area (Å²) in [7, 11) is 0. The van der Waals surface area contributed by atoms with Gasteiger partial charge in [-0.1, -0.05) is 33.1 Å². The van der Waals surface area contributed by atoms with Crippen LogP contribution in [0.5, 0.6) is 5.75 Å². The largest absolute Gasteiger partial charge is 0.507 e. The van der Waals surface area contributed by atoms with E-state index in [4.69, 9.17) is 4.42 Å². The van der Waals surface area contributed by atoms with Crippen molar-refractivity contribution in [1.82, 2.24) is 0 Å². The first kappa shape index (κ1) is 15.5. The highest BCUT2D eigenvalue weighted by Gasteiger charge is 2.23. The van der Waals surface area contributed by atoms with Gasteiger partial charge in [-0.15, -0.1) is 11.8 Å². The molecular weight excluding hydrogens is 296 g/mol. The van der Waals surface area contributed by atoms with Crippen molar-refractivity contribution in [2.75, 3.05) is 5.75 Å². The monoisotopic (exact) mass is 318 g/mol. The number of phenolic OH excluding ortho intramolecular Hbond substituents is 1. The Kier molecular flexibility index (Phi) is 4.48. The van der Waals surface area contributed by atoms with Gasteiger partial charge in [-0.25, -0.2) is 4.79 Å². The van der Waals surface area contributed by atoms with Gasteiger partial charge in [0.1, 0.15) is 11.3 Å². The number of aromatic hydroxyl groups is 1. The average Bonchev–Trinajstić information content (AvgIpc) is 2.96. The van der Waals surface area contributed by atoms with Gasteiger partial charge < -0.3 is 9.52 Å². The zero-order valence-electron chi connectivity index (χ0n) is 13.1. The van der Waals surface area contributed by atoms with Gasteiger partial charge in [-0.2, -0.15) is 0 Å². The Morgan fingerprint density at radius 1 is 1.36 bits per heavy atom. The lowest BCUT2D eigenvalue weighted by molar-refractivity contribution is 0.474. The molecule has 3 rings (SSSR count). The zero-order chi connectivity index (χ0) is 15.7. The number of unbranched alkanes of at least 4 members (excludes halogenated alkanes) is 2. The van der Waals surface area contributed by atoms with Crippen molar-refractivity contribution >= 4 is 22.7 Å². The third-order valence-electron chi connectivity index (χ3n) is 4.48. The molecule has 1 N–H and O–H groups in total. The van der Waals surface area contributed by atoms with Gasteiger partial charge in [0.05, 0.1) is 10.3 Å². The minimum Gasteiger partial charge on any atom is -0.507 e. The summed E-state index contributed by atoms with van der Waals surface area (Å²) in [5.41, 5.74) is 2.28. The van der Waals surface area contributed by atoms with Gasteiger partial charge in [0.15, 0.2) is 0 Å². The van der Waals surface area contributed by atoms with Crippen LogP contribution in [-0.2, 0) is 6.42 Å². The maximum atomic E-state index is 12.1. The van der Waals surface area contributed by atoms with Crippen LogP contribution in [-0.4, -0.2) is 10.9 Å². The third kappa shape index (κ3) is 2.76. The molecule has 0 fully saturated rings. The van der Waals surface area contributed by atoms with Gasteiger partial charge in [0, 0.05) is 5.75 Å². The summed E-state index contributed by atoms with van der Waals surface area (Å²) in [6.45, 7) is 4.36. The van der Waals surface area contributed by atoms with E-state index in [1.807, 2.05) is 12.1 Å². The molecule has 0 saturated carbocycles. The number of phenols is 1. The molecule has 0 saturated heterocycles. The highest BCUT2D eigenvalue weighted by Crippen LogP contribution is 2.39. The van der Waals surface area contributed by atoms with Gasteiger partial charge in [-0.3, -0.25) is 0 Å². The lowest BCUT2D eigenvalue weighted by atomic mass is 9.93. The number of hydrogen-bond donors (Lipinski definition) is 1. The molecule has 22 heavy (non-hydrogen) atoms. The van der Waals surface area contributed by atoms with Gasteiger partial charge in [0.2, 0.25) is 0 Å². The van der Waals surface area contributed by atoms with Crippen LogP contribution in [0, 0.1) is 0 Å². The van der Waals surface area contributed by atoms with Gasteiger partial charge >= 0.3 is 5.63 Å². The van der Waals surface area contributed by atoms with Gasteiger partial charge in [-0.05, 0) is 42.0 Å². The molecule has 2 aromatic rings. The number of rotatable bonds is 5. The molecule has 0 spiro atoms. The molecular formula is C18H22O3S. The van der Waals surface area contributed by atoms with E-state index in [1.54, 1.807) is 0 Å². The van der Waals surface area contributed by atoms with Crippen molar-refractivity contribution in [2.45, 2.75) is 56.8 Å². The first-order chi connectivity index (χ1) is 10.6.